The van der Waals surface area contributed by atoms with Gasteiger partial charge in [-0.25, -0.2) is 0 Å². The summed E-state index contributed by atoms with van der Waals surface area (Å²) in [4.78, 5) is 16.2. The summed E-state index contributed by atoms with van der Waals surface area (Å²) in [6.45, 7) is 0.734. The van der Waals surface area contributed by atoms with Crippen LogP contribution in [0.1, 0.15) is 5.56 Å². The van der Waals surface area contributed by atoms with Crippen LogP contribution in [0.5, 0.6) is 0 Å². The van der Waals surface area contributed by atoms with Crippen LogP contribution in [0.2, 0.25) is 0 Å². The van der Waals surface area contributed by atoms with E-state index in [2.05, 4.69) is 4.98 Å². The summed E-state index contributed by atoms with van der Waals surface area (Å²) < 4.78 is 0. The Morgan fingerprint density at radius 2 is 2.00 bits per heavy atom. The molecule has 0 aliphatic carbocycles. The van der Waals surface area contributed by atoms with Crippen LogP contribution in [0, 0.1) is 10.1 Å². The molecule has 1 aromatic carbocycles. The largest absolute Gasteiger partial charge is 0.395 e. The van der Waals surface area contributed by atoms with Crippen LogP contribution in [0.25, 0.3) is 0 Å². The van der Waals surface area contributed by atoms with Crippen molar-refractivity contribution < 1.29 is 10.0 Å². The molecule has 0 bridgehead atoms. The van der Waals surface area contributed by atoms with E-state index < -0.39 is 4.92 Å². The lowest BCUT2D eigenvalue weighted by atomic mass is 10.2. The number of hydrogen-bond acceptors (Lipinski definition) is 5. The van der Waals surface area contributed by atoms with E-state index in [1.807, 2.05) is 30.3 Å². The standard InChI is InChI=1S/C14H15N3O3/c18-9-8-16(11-12-4-2-1-3-5-12)13-6-7-15-10-14(13)17(19)20/h1-7,10,18H,8-9,11H2. The predicted octanol–water partition coefficient (Wildman–Crippen LogP) is 1.99. The fourth-order valence-electron chi connectivity index (χ4n) is 2.00. The zero-order chi connectivity index (χ0) is 14.4. The van der Waals surface area contributed by atoms with Gasteiger partial charge in [-0.3, -0.25) is 15.1 Å². The normalized spacial score (nSPS) is 10.2. The first-order chi connectivity index (χ1) is 9.72. The number of aliphatic hydroxyl groups is 1. The maximum Gasteiger partial charge on any atom is 0.310 e. The summed E-state index contributed by atoms with van der Waals surface area (Å²) in [5, 5.41) is 20.2. The Morgan fingerprint density at radius 3 is 2.65 bits per heavy atom. The Labute approximate surface area is 116 Å². The quantitative estimate of drug-likeness (QED) is 0.643. The van der Waals surface area contributed by atoms with Crippen molar-refractivity contribution >= 4 is 11.4 Å². The highest BCUT2D eigenvalue weighted by Gasteiger charge is 2.19. The lowest BCUT2D eigenvalue weighted by molar-refractivity contribution is -0.384. The van der Waals surface area contributed by atoms with Crippen LogP contribution in [0.4, 0.5) is 11.4 Å². The van der Waals surface area contributed by atoms with Gasteiger partial charge in [-0.1, -0.05) is 30.3 Å². The summed E-state index contributed by atoms with van der Waals surface area (Å²) >= 11 is 0. The van der Waals surface area contributed by atoms with Gasteiger partial charge >= 0.3 is 5.69 Å². The molecule has 0 atom stereocenters. The van der Waals surface area contributed by atoms with Crippen LogP contribution >= 0.6 is 0 Å². The summed E-state index contributed by atoms with van der Waals surface area (Å²) in [6.07, 6.45) is 2.74. The minimum atomic E-state index is -0.461. The first-order valence-corrected chi connectivity index (χ1v) is 6.20. The van der Waals surface area contributed by atoms with E-state index in [9.17, 15) is 15.2 Å². The van der Waals surface area contributed by atoms with E-state index in [0.29, 0.717) is 18.8 Å². The van der Waals surface area contributed by atoms with Crippen molar-refractivity contribution in [1.82, 2.24) is 4.98 Å². The molecule has 6 heteroatoms. The molecule has 104 valence electrons. The molecular formula is C14H15N3O3. The number of aromatic nitrogens is 1. The van der Waals surface area contributed by atoms with E-state index in [4.69, 9.17) is 0 Å². The van der Waals surface area contributed by atoms with E-state index in [-0.39, 0.29) is 12.3 Å². The van der Waals surface area contributed by atoms with Crippen LogP contribution in [0.15, 0.2) is 48.8 Å². The third-order valence-corrected chi connectivity index (χ3v) is 2.90. The number of pyridine rings is 1. The topological polar surface area (TPSA) is 79.5 Å². The van der Waals surface area contributed by atoms with Gasteiger partial charge in [0.1, 0.15) is 11.9 Å². The van der Waals surface area contributed by atoms with E-state index >= 15 is 0 Å². The molecule has 6 nitrogen and oxygen atoms in total. The van der Waals surface area contributed by atoms with Crippen molar-refractivity contribution in [2.45, 2.75) is 6.54 Å². The van der Waals surface area contributed by atoms with Gasteiger partial charge < -0.3 is 10.0 Å². The van der Waals surface area contributed by atoms with Gasteiger partial charge in [0, 0.05) is 19.3 Å². The van der Waals surface area contributed by atoms with E-state index in [1.165, 1.54) is 12.4 Å². The summed E-state index contributed by atoms with van der Waals surface area (Å²) in [5.74, 6) is 0. The third kappa shape index (κ3) is 3.30. The second-order valence-electron chi connectivity index (χ2n) is 4.25. The molecule has 0 aliphatic rings. The maximum absolute atomic E-state index is 11.1. The second-order valence-corrected chi connectivity index (χ2v) is 4.25. The Kier molecular flexibility index (Phi) is 4.62. The summed E-state index contributed by atoms with van der Waals surface area (Å²) in [5.41, 5.74) is 1.42. The van der Waals surface area contributed by atoms with Crippen LogP contribution in [0.3, 0.4) is 0 Å². The average molecular weight is 273 g/mol. The van der Waals surface area contributed by atoms with Crippen molar-refractivity contribution in [1.29, 1.82) is 0 Å². The Hall–Kier alpha value is -2.47. The Morgan fingerprint density at radius 1 is 1.25 bits per heavy atom. The highest BCUT2D eigenvalue weighted by molar-refractivity contribution is 5.61. The second kappa shape index (κ2) is 6.63. The highest BCUT2D eigenvalue weighted by atomic mass is 16.6. The van der Waals surface area contributed by atoms with Crippen molar-refractivity contribution in [3.63, 3.8) is 0 Å². The van der Waals surface area contributed by atoms with Crippen molar-refractivity contribution in [2.24, 2.45) is 0 Å². The Bertz CT molecular complexity index is 575. The summed E-state index contributed by atoms with van der Waals surface area (Å²) in [6, 6.07) is 11.2. The van der Waals surface area contributed by atoms with Crippen LogP contribution in [-0.4, -0.2) is 28.2 Å². The van der Waals surface area contributed by atoms with Gasteiger partial charge in [-0.05, 0) is 11.6 Å². The van der Waals surface area contributed by atoms with Crippen molar-refractivity contribution in [3.8, 4) is 0 Å². The van der Waals surface area contributed by atoms with Crippen molar-refractivity contribution in [3.05, 3.63) is 64.5 Å². The molecule has 20 heavy (non-hydrogen) atoms. The number of anilines is 1. The molecule has 1 N–H and O–H groups in total. The molecule has 1 heterocycles. The van der Waals surface area contributed by atoms with Crippen molar-refractivity contribution in [2.75, 3.05) is 18.1 Å². The number of aliphatic hydroxyl groups excluding tert-OH is 1. The SMILES string of the molecule is O=[N+]([O-])c1cnccc1N(CCO)Cc1ccccc1. The number of nitrogens with zero attached hydrogens (tertiary/aromatic N) is 3. The molecule has 0 unspecified atom stereocenters. The lowest BCUT2D eigenvalue weighted by Gasteiger charge is -2.23. The number of benzene rings is 1. The molecule has 0 saturated heterocycles. The fraction of sp³-hybridized carbons (Fsp3) is 0.214. The number of hydrogen-bond donors (Lipinski definition) is 1. The molecule has 2 rings (SSSR count). The van der Waals surface area contributed by atoms with Gasteiger partial charge in [-0.15, -0.1) is 0 Å². The molecule has 0 amide bonds. The third-order valence-electron chi connectivity index (χ3n) is 2.90. The minimum absolute atomic E-state index is 0.0584. The fourth-order valence-corrected chi connectivity index (χ4v) is 2.00. The monoisotopic (exact) mass is 273 g/mol. The molecule has 0 radical (unpaired) electrons. The zero-order valence-corrected chi connectivity index (χ0v) is 10.8. The van der Waals surface area contributed by atoms with E-state index in [1.54, 1.807) is 11.0 Å². The lowest BCUT2D eigenvalue weighted by Crippen LogP contribution is -2.26. The first kappa shape index (κ1) is 14.0. The maximum atomic E-state index is 11.1. The highest BCUT2D eigenvalue weighted by Crippen LogP contribution is 2.27. The molecule has 0 aliphatic heterocycles. The van der Waals surface area contributed by atoms with Gasteiger partial charge in [-0.2, -0.15) is 0 Å². The summed E-state index contributed by atoms with van der Waals surface area (Å²) in [7, 11) is 0. The predicted molar refractivity (Wildman–Crippen MR) is 75.5 cm³/mol. The number of nitro groups is 1. The molecule has 0 saturated carbocycles. The molecule has 0 fully saturated rings. The molecule has 1 aromatic heterocycles. The Balaban J connectivity index is 2.31. The first-order valence-electron chi connectivity index (χ1n) is 6.20. The number of rotatable bonds is 6. The molecule has 0 spiro atoms. The van der Waals surface area contributed by atoms with Gasteiger partial charge in [0.25, 0.3) is 0 Å². The molecule has 2 aromatic rings. The zero-order valence-electron chi connectivity index (χ0n) is 10.8. The average Bonchev–Trinajstić information content (AvgIpc) is 2.48. The molecular weight excluding hydrogens is 258 g/mol. The van der Waals surface area contributed by atoms with Crippen LogP contribution in [-0.2, 0) is 6.54 Å². The van der Waals surface area contributed by atoms with E-state index in [0.717, 1.165) is 5.56 Å². The van der Waals surface area contributed by atoms with Gasteiger partial charge in [0.2, 0.25) is 0 Å². The minimum Gasteiger partial charge on any atom is -0.395 e. The van der Waals surface area contributed by atoms with Gasteiger partial charge in [0.05, 0.1) is 11.5 Å². The van der Waals surface area contributed by atoms with Gasteiger partial charge in [0.15, 0.2) is 0 Å². The smallest absolute Gasteiger partial charge is 0.310 e. The van der Waals surface area contributed by atoms with Crippen LogP contribution < -0.4 is 4.90 Å².